The number of ether oxygens (including phenoxy) is 1. The van der Waals surface area contributed by atoms with Gasteiger partial charge in [0.1, 0.15) is 0 Å². The molecular formula is C10H22N2O2. The van der Waals surface area contributed by atoms with Crippen LogP contribution in [0.2, 0.25) is 0 Å². The Morgan fingerprint density at radius 2 is 2.14 bits per heavy atom. The summed E-state index contributed by atoms with van der Waals surface area (Å²) in [5, 5.41) is 12.8. The summed E-state index contributed by atoms with van der Waals surface area (Å²) in [5.74, 6) is 0. The van der Waals surface area contributed by atoms with E-state index in [1.807, 2.05) is 0 Å². The minimum atomic E-state index is -0.375. The molecule has 0 bridgehead atoms. The summed E-state index contributed by atoms with van der Waals surface area (Å²) in [6.45, 7) is 3.36. The van der Waals surface area contributed by atoms with Crippen molar-refractivity contribution >= 4 is 0 Å². The predicted molar refractivity (Wildman–Crippen MR) is 56.4 cm³/mol. The molecule has 1 rings (SSSR count). The molecule has 4 heteroatoms. The molecule has 2 N–H and O–H groups in total. The Labute approximate surface area is 86.2 Å². The fourth-order valence-corrected chi connectivity index (χ4v) is 1.77. The van der Waals surface area contributed by atoms with Crippen molar-refractivity contribution in [1.82, 2.24) is 10.2 Å². The number of aliphatic hydroxyl groups excluding tert-OH is 1. The Bertz CT molecular complexity index is 147. The zero-order valence-corrected chi connectivity index (χ0v) is 9.20. The molecule has 0 spiro atoms. The third-order valence-electron chi connectivity index (χ3n) is 2.72. The van der Waals surface area contributed by atoms with Crippen LogP contribution in [0.4, 0.5) is 0 Å². The molecular weight excluding hydrogens is 180 g/mol. The fourth-order valence-electron chi connectivity index (χ4n) is 1.77. The van der Waals surface area contributed by atoms with Crippen LogP contribution in [0.5, 0.6) is 0 Å². The van der Waals surface area contributed by atoms with Crippen LogP contribution < -0.4 is 5.32 Å². The first-order valence-electron chi connectivity index (χ1n) is 5.31. The highest BCUT2D eigenvalue weighted by Gasteiger charge is 2.16. The number of piperidine rings is 1. The molecule has 1 unspecified atom stereocenters. The van der Waals surface area contributed by atoms with E-state index in [2.05, 4.69) is 17.3 Å². The van der Waals surface area contributed by atoms with Crippen LogP contribution in [0.15, 0.2) is 0 Å². The van der Waals surface area contributed by atoms with Crippen molar-refractivity contribution in [3.05, 3.63) is 0 Å². The van der Waals surface area contributed by atoms with Gasteiger partial charge in [0, 0.05) is 19.7 Å². The lowest BCUT2D eigenvalue weighted by Crippen LogP contribution is -2.44. The topological polar surface area (TPSA) is 44.7 Å². The number of likely N-dealkylation sites (tertiary alicyclic amines) is 1. The van der Waals surface area contributed by atoms with Crippen molar-refractivity contribution in [3.8, 4) is 0 Å². The summed E-state index contributed by atoms with van der Waals surface area (Å²) in [6.07, 6.45) is 1.98. The van der Waals surface area contributed by atoms with E-state index < -0.39 is 0 Å². The van der Waals surface area contributed by atoms with E-state index in [4.69, 9.17) is 4.74 Å². The Balaban J connectivity index is 2.06. The lowest BCUT2D eigenvalue weighted by molar-refractivity contribution is 0.0608. The SMILES string of the molecule is COCC(O)CNC1CCN(C)CC1. The number of rotatable bonds is 5. The maximum Gasteiger partial charge on any atom is 0.0897 e. The third-order valence-corrected chi connectivity index (χ3v) is 2.72. The normalized spacial score (nSPS) is 22.5. The van der Waals surface area contributed by atoms with Crippen molar-refractivity contribution in [1.29, 1.82) is 0 Å². The summed E-state index contributed by atoms with van der Waals surface area (Å²) < 4.78 is 4.86. The molecule has 1 aliphatic heterocycles. The molecule has 0 amide bonds. The van der Waals surface area contributed by atoms with Gasteiger partial charge in [0.15, 0.2) is 0 Å². The van der Waals surface area contributed by atoms with Crippen molar-refractivity contribution in [3.63, 3.8) is 0 Å². The monoisotopic (exact) mass is 202 g/mol. The summed E-state index contributed by atoms with van der Waals surface area (Å²) in [4.78, 5) is 2.34. The second kappa shape index (κ2) is 6.35. The molecule has 4 nitrogen and oxygen atoms in total. The average molecular weight is 202 g/mol. The lowest BCUT2D eigenvalue weighted by atomic mass is 10.1. The minimum absolute atomic E-state index is 0.375. The highest BCUT2D eigenvalue weighted by atomic mass is 16.5. The molecule has 1 atom stereocenters. The molecule has 0 aromatic heterocycles. The molecule has 1 heterocycles. The maximum atomic E-state index is 9.43. The van der Waals surface area contributed by atoms with Gasteiger partial charge in [0.05, 0.1) is 12.7 Å². The van der Waals surface area contributed by atoms with Crippen molar-refractivity contribution in [2.45, 2.75) is 25.0 Å². The van der Waals surface area contributed by atoms with Crippen molar-refractivity contribution in [2.75, 3.05) is 40.4 Å². The molecule has 14 heavy (non-hydrogen) atoms. The van der Waals surface area contributed by atoms with Crippen LogP contribution in [0.25, 0.3) is 0 Å². The molecule has 0 aromatic carbocycles. The predicted octanol–water partition coefficient (Wildman–Crippen LogP) is -0.322. The molecule has 1 aliphatic rings. The quantitative estimate of drug-likeness (QED) is 0.641. The Morgan fingerprint density at radius 3 is 2.71 bits per heavy atom. The third kappa shape index (κ3) is 4.37. The average Bonchev–Trinajstić information content (AvgIpc) is 2.17. The van der Waals surface area contributed by atoms with E-state index in [0.29, 0.717) is 19.2 Å². The van der Waals surface area contributed by atoms with Crippen LogP contribution in [0.3, 0.4) is 0 Å². The van der Waals surface area contributed by atoms with Gasteiger partial charge < -0.3 is 20.1 Å². The number of nitrogens with zero attached hydrogens (tertiary/aromatic N) is 1. The van der Waals surface area contributed by atoms with Crippen LogP contribution in [-0.4, -0.2) is 62.6 Å². The fraction of sp³-hybridized carbons (Fsp3) is 1.00. The largest absolute Gasteiger partial charge is 0.389 e. The molecule has 0 saturated carbocycles. The number of aliphatic hydroxyl groups is 1. The highest BCUT2D eigenvalue weighted by Crippen LogP contribution is 2.07. The first-order valence-corrected chi connectivity index (χ1v) is 5.31. The lowest BCUT2D eigenvalue weighted by Gasteiger charge is -2.30. The number of hydrogen-bond donors (Lipinski definition) is 2. The minimum Gasteiger partial charge on any atom is -0.389 e. The maximum absolute atomic E-state index is 9.43. The zero-order chi connectivity index (χ0) is 10.4. The van der Waals surface area contributed by atoms with Crippen LogP contribution in [-0.2, 0) is 4.74 Å². The number of hydrogen-bond acceptors (Lipinski definition) is 4. The van der Waals surface area contributed by atoms with Gasteiger partial charge in [0.2, 0.25) is 0 Å². The Hall–Kier alpha value is -0.160. The van der Waals surface area contributed by atoms with E-state index in [1.165, 1.54) is 12.8 Å². The van der Waals surface area contributed by atoms with Gasteiger partial charge in [0.25, 0.3) is 0 Å². The van der Waals surface area contributed by atoms with Gasteiger partial charge in [-0.05, 0) is 33.0 Å². The summed E-state index contributed by atoms with van der Waals surface area (Å²) >= 11 is 0. The van der Waals surface area contributed by atoms with E-state index >= 15 is 0 Å². The van der Waals surface area contributed by atoms with E-state index in [0.717, 1.165) is 13.1 Å². The van der Waals surface area contributed by atoms with Gasteiger partial charge in [-0.2, -0.15) is 0 Å². The second-order valence-corrected chi connectivity index (χ2v) is 4.09. The van der Waals surface area contributed by atoms with Crippen LogP contribution >= 0.6 is 0 Å². The van der Waals surface area contributed by atoms with Gasteiger partial charge in [-0.15, -0.1) is 0 Å². The van der Waals surface area contributed by atoms with Gasteiger partial charge >= 0.3 is 0 Å². The first-order chi connectivity index (χ1) is 6.72. The zero-order valence-electron chi connectivity index (χ0n) is 9.20. The highest BCUT2D eigenvalue weighted by molar-refractivity contribution is 4.76. The number of methoxy groups -OCH3 is 1. The molecule has 0 radical (unpaired) electrons. The Kier molecular flexibility index (Phi) is 5.40. The molecule has 84 valence electrons. The summed E-state index contributed by atoms with van der Waals surface area (Å²) in [6, 6.07) is 0.567. The van der Waals surface area contributed by atoms with E-state index in [1.54, 1.807) is 7.11 Å². The molecule has 0 aliphatic carbocycles. The second-order valence-electron chi connectivity index (χ2n) is 4.09. The summed E-state index contributed by atoms with van der Waals surface area (Å²) in [5.41, 5.74) is 0. The smallest absolute Gasteiger partial charge is 0.0897 e. The van der Waals surface area contributed by atoms with E-state index in [9.17, 15) is 5.11 Å². The molecule has 1 fully saturated rings. The van der Waals surface area contributed by atoms with E-state index in [-0.39, 0.29) is 6.10 Å². The van der Waals surface area contributed by atoms with Gasteiger partial charge in [-0.3, -0.25) is 0 Å². The standard InChI is InChI=1S/C10H22N2O2/c1-12-5-3-9(4-6-12)11-7-10(13)8-14-2/h9-11,13H,3-8H2,1-2H3. The van der Waals surface area contributed by atoms with Gasteiger partial charge in [-0.25, -0.2) is 0 Å². The van der Waals surface area contributed by atoms with Crippen molar-refractivity contribution < 1.29 is 9.84 Å². The molecule has 0 aromatic rings. The van der Waals surface area contributed by atoms with Crippen LogP contribution in [0.1, 0.15) is 12.8 Å². The number of nitrogens with one attached hydrogen (secondary N) is 1. The van der Waals surface area contributed by atoms with Gasteiger partial charge in [-0.1, -0.05) is 0 Å². The van der Waals surface area contributed by atoms with Crippen LogP contribution in [0, 0.1) is 0 Å². The summed E-state index contributed by atoms with van der Waals surface area (Å²) in [7, 11) is 3.76. The Morgan fingerprint density at radius 1 is 1.50 bits per heavy atom. The first kappa shape index (κ1) is 11.9. The van der Waals surface area contributed by atoms with Crippen molar-refractivity contribution in [2.24, 2.45) is 0 Å². The molecule has 1 saturated heterocycles.